The number of carboxylic acids is 1. The molecule has 88 valence electrons. The molecular weight excluding hydrogens is 190 g/mol. The largest absolute Gasteiger partial charge is 0.481 e. The second kappa shape index (κ2) is 4.97. The minimum Gasteiger partial charge on any atom is -0.481 e. The molecule has 1 aliphatic rings. The minimum atomic E-state index is -0.658. The van der Waals surface area contributed by atoms with Crippen molar-refractivity contribution in [3.63, 3.8) is 0 Å². The standard InChI is InChI=1S/C12H23NO2/c1-10(2)9-13-6-4-12(3,5-7-13)8-11(14)15/h10H,4-9H2,1-3H3,(H,14,15). The summed E-state index contributed by atoms with van der Waals surface area (Å²) in [6.07, 6.45) is 2.36. The molecule has 0 aliphatic carbocycles. The van der Waals surface area contributed by atoms with Crippen molar-refractivity contribution in [1.29, 1.82) is 0 Å². The first kappa shape index (κ1) is 12.5. The molecule has 0 aromatic carbocycles. The van der Waals surface area contributed by atoms with Gasteiger partial charge in [-0.2, -0.15) is 0 Å². The number of rotatable bonds is 4. The Morgan fingerprint density at radius 3 is 2.33 bits per heavy atom. The minimum absolute atomic E-state index is 0.0271. The smallest absolute Gasteiger partial charge is 0.303 e. The fraction of sp³-hybridized carbons (Fsp3) is 0.917. The molecule has 3 heteroatoms. The van der Waals surface area contributed by atoms with Gasteiger partial charge in [-0.25, -0.2) is 0 Å². The van der Waals surface area contributed by atoms with Crippen molar-refractivity contribution in [2.45, 2.75) is 40.0 Å². The molecule has 0 aromatic rings. The Hall–Kier alpha value is -0.570. The van der Waals surface area contributed by atoms with Crippen molar-refractivity contribution in [2.24, 2.45) is 11.3 Å². The first-order valence-corrected chi connectivity index (χ1v) is 5.85. The predicted octanol–water partition coefficient (Wildman–Crippen LogP) is 2.22. The van der Waals surface area contributed by atoms with Gasteiger partial charge in [0.05, 0.1) is 6.42 Å². The van der Waals surface area contributed by atoms with Gasteiger partial charge in [-0.05, 0) is 37.3 Å². The fourth-order valence-electron chi connectivity index (χ4n) is 2.33. The Bertz CT molecular complexity index is 218. The maximum absolute atomic E-state index is 10.7. The number of nitrogens with zero attached hydrogens (tertiary/aromatic N) is 1. The van der Waals surface area contributed by atoms with Gasteiger partial charge in [-0.3, -0.25) is 4.79 Å². The summed E-state index contributed by atoms with van der Waals surface area (Å²) in [6.45, 7) is 9.82. The Morgan fingerprint density at radius 2 is 1.93 bits per heavy atom. The number of piperidine rings is 1. The number of carbonyl (C=O) groups is 1. The molecule has 0 spiro atoms. The second-order valence-electron chi connectivity index (χ2n) is 5.58. The van der Waals surface area contributed by atoms with Gasteiger partial charge in [0.25, 0.3) is 0 Å². The van der Waals surface area contributed by atoms with Gasteiger partial charge in [0.1, 0.15) is 0 Å². The molecule has 0 bridgehead atoms. The van der Waals surface area contributed by atoms with E-state index < -0.39 is 5.97 Å². The highest BCUT2D eigenvalue weighted by atomic mass is 16.4. The van der Waals surface area contributed by atoms with Crippen LogP contribution < -0.4 is 0 Å². The zero-order chi connectivity index (χ0) is 11.5. The van der Waals surface area contributed by atoms with E-state index in [0.29, 0.717) is 12.3 Å². The molecular formula is C12H23NO2. The molecule has 0 unspecified atom stereocenters. The zero-order valence-corrected chi connectivity index (χ0v) is 10.1. The van der Waals surface area contributed by atoms with E-state index in [9.17, 15) is 4.79 Å². The molecule has 0 aromatic heterocycles. The van der Waals surface area contributed by atoms with Gasteiger partial charge >= 0.3 is 5.97 Å². The van der Waals surface area contributed by atoms with Crippen LogP contribution in [0.25, 0.3) is 0 Å². The van der Waals surface area contributed by atoms with Crippen LogP contribution in [0.4, 0.5) is 0 Å². The van der Waals surface area contributed by atoms with Crippen LogP contribution in [-0.2, 0) is 4.79 Å². The Kier molecular flexibility index (Phi) is 4.14. The summed E-state index contributed by atoms with van der Waals surface area (Å²) in [5.74, 6) is 0.0450. The summed E-state index contributed by atoms with van der Waals surface area (Å²) in [5.41, 5.74) is 0.0271. The average Bonchev–Trinajstić information content (AvgIpc) is 2.07. The van der Waals surface area contributed by atoms with Crippen LogP contribution in [0.5, 0.6) is 0 Å². The monoisotopic (exact) mass is 213 g/mol. The first-order valence-electron chi connectivity index (χ1n) is 5.85. The van der Waals surface area contributed by atoms with Crippen LogP contribution in [-0.4, -0.2) is 35.6 Å². The predicted molar refractivity (Wildman–Crippen MR) is 60.9 cm³/mol. The maximum Gasteiger partial charge on any atom is 0.303 e. The summed E-state index contributed by atoms with van der Waals surface area (Å²) in [5, 5.41) is 8.83. The Labute approximate surface area is 92.5 Å². The molecule has 1 N–H and O–H groups in total. The van der Waals surface area contributed by atoms with E-state index >= 15 is 0 Å². The second-order valence-corrected chi connectivity index (χ2v) is 5.58. The molecule has 1 heterocycles. The molecule has 1 rings (SSSR count). The van der Waals surface area contributed by atoms with E-state index in [-0.39, 0.29) is 5.41 Å². The highest BCUT2D eigenvalue weighted by Crippen LogP contribution is 2.34. The summed E-state index contributed by atoms with van der Waals surface area (Å²) in [7, 11) is 0. The highest BCUT2D eigenvalue weighted by molar-refractivity contribution is 5.67. The lowest BCUT2D eigenvalue weighted by Gasteiger charge is -2.39. The zero-order valence-electron chi connectivity index (χ0n) is 10.1. The number of hydrogen-bond acceptors (Lipinski definition) is 2. The highest BCUT2D eigenvalue weighted by Gasteiger charge is 2.32. The lowest BCUT2D eigenvalue weighted by Crippen LogP contribution is -2.41. The normalized spacial score (nSPS) is 21.9. The van der Waals surface area contributed by atoms with Crippen molar-refractivity contribution in [3.05, 3.63) is 0 Å². The first-order chi connectivity index (χ1) is 6.91. The topological polar surface area (TPSA) is 40.5 Å². The van der Waals surface area contributed by atoms with Gasteiger partial charge in [-0.1, -0.05) is 20.8 Å². The van der Waals surface area contributed by atoms with E-state index in [1.807, 2.05) is 0 Å². The molecule has 15 heavy (non-hydrogen) atoms. The van der Waals surface area contributed by atoms with Gasteiger partial charge in [0.2, 0.25) is 0 Å². The SMILES string of the molecule is CC(C)CN1CCC(C)(CC(=O)O)CC1. The lowest BCUT2D eigenvalue weighted by molar-refractivity contribution is -0.140. The van der Waals surface area contributed by atoms with Crippen LogP contribution in [0.2, 0.25) is 0 Å². The molecule has 0 amide bonds. The van der Waals surface area contributed by atoms with E-state index in [1.165, 1.54) is 0 Å². The van der Waals surface area contributed by atoms with Gasteiger partial charge in [0, 0.05) is 6.54 Å². The lowest BCUT2D eigenvalue weighted by atomic mass is 9.77. The van der Waals surface area contributed by atoms with Crippen molar-refractivity contribution < 1.29 is 9.90 Å². The Balaban J connectivity index is 2.37. The van der Waals surface area contributed by atoms with Crippen LogP contribution in [0.1, 0.15) is 40.0 Å². The molecule has 1 saturated heterocycles. The summed E-state index contributed by atoms with van der Waals surface area (Å²) >= 11 is 0. The molecule has 1 aliphatic heterocycles. The van der Waals surface area contributed by atoms with E-state index in [0.717, 1.165) is 32.5 Å². The molecule has 1 fully saturated rings. The summed E-state index contributed by atoms with van der Waals surface area (Å²) in [4.78, 5) is 13.2. The summed E-state index contributed by atoms with van der Waals surface area (Å²) in [6, 6.07) is 0. The quantitative estimate of drug-likeness (QED) is 0.778. The fourth-order valence-corrected chi connectivity index (χ4v) is 2.33. The van der Waals surface area contributed by atoms with Crippen LogP contribution >= 0.6 is 0 Å². The summed E-state index contributed by atoms with van der Waals surface area (Å²) < 4.78 is 0. The van der Waals surface area contributed by atoms with Crippen molar-refractivity contribution in [2.75, 3.05) is 19.6 Å². The number of likely N-dealkylation sites (tertiary alicyclic amines) is 1. The third kappa shape index (κ3) is 4.20. The molecule has 3 nitrogen and oxygen atoms in total. The van der Waals surface area contributed by atoms with E-state index in [1.54, 1.807) is 0 Å². The van der Waals surface area contributed by atoms with Crippen LogP contribution in [0, 0.1) is 11.3 Å². The van der Waals surface area contributed by atoms with Gasteiger partial charge < -0.3 is 10.0 Å². The van der Waals surface area contributed by atoms with Crippen molar-refractivity contribution in [1.82, 2.24) is 4.90 Å². The molecule has 0 atom stereocenters. The third-order valence-electron chi connectivity index (χ3n) is 3.26. The average molecular weight is 213 g/mol. The number of carboxylic acid groups (broad SMARTS) is 1. The Morgan fingerprint density at radius 1 is 1.40 bits per heavy atom. The third-order valence-corrected chi connectivity index (χ3v) is 3.26. The molecule has 0 radical (unpaired) electrons. The van der Waals surface area contributed by atoms with E-state index in [2.05, 4.69) is 25.7 Å². The van der Waals surface area contributed by atoms with Crippen LogP contribution in [0.15, 0.2) is 0 Å². The molecule has 0 saturated carbocycles. The maximum atomic E-state index is 10.7. The van der Waals surface area contributed by atoms with Crippen LogP contribution in [0.3, 0.4) is 0 Å². The van der Waals surface area contributed by atoms with Crippen molar-refractivity contribution in [3.8, 4) is 0 Å². The van der Waals surface area contributed by atoms with E-state index in [4.69, 9.17) is 5.11 Å². The number of hydrogen-bond donors (Lipinski definition) is 1. The van der Waals surface area contributed by atoms with Crippen molar-refractivity contribution >= 4 is 5.97 Å². The van der Waals surface area contributed by atoms with Gasteiger partial charge in [0.15, 0.2) is 0 Å². The van der Waals surface area contributed by atoms with Gasteiger partial charge in [-0.15, -0.1) is 0 Å². The number of aliphatic carboxylic acids is 1.